The number of amidine groups is 1. The Labute approximate surface area is 163 Å². The first-order chi connectivity index (χ1) is 12.7. The largest absolute Gasteiger partial charge is 0.300 e. The highest BCUT2D eigenvalue weighted by atomic mass is 32.2. The first-order valence-electron chi connectivity index (χ1n) is 8.62. The van der Waals surface area contributed by atoms with E-state index < -0.39 is 16.1 Å². The number of carbonyl (C=O) groups excluding carboxylic acids is 1. The zero-order chi connectivity index (χ0) is 19.8. The summed E-state index contributed by atoms with van der Waals surface area (Å²) in [6, 6.07) is 5.89. The van der Waals surface area contributed by atoms with Crippen molar-refractivity contribution in [2.75, 3.05) is 5.32 Å². The Morgan fingerprint density at radius 2 is 2.00 bits per heavy atom. The Hall–Kier alpha value is -2.26. The van der Waals surface area contributed by atoms with E-state index in [4.69, 9.17) is 0 Å². The van der Waals surface area contributed by atoms with Gasteiger partial charge in [0.25, 0.3) is 15.9 Å². The van der Waals surface area contributed by atoms with Crippen LogP contribution in [0.3, 0.4) is 0 Å². The van der Waals surface area contributed by atoms with Crippen LogP contribution in [0.4, 0.5) is 5.13 Å². The highest BCUT2D eigenvalue weighted by Crippen LogP contribution is 2.25. The van der Waals surface area contributed by atoms with E-state index in [-0.39, 0.29) is 22.6 Å². The summed E-state index contributed by atoms with van der Waals surface area (Å²) < 4.78 is 27.0. The number of aromatic nitrogens is 1. The molecule has 1 unspecified atom stereocenters. The number of thiazole rings is 1. The number of nitrogens with zero attached hydrogens (tertiary/aromatic N) is 2. The second-order valence-electron chi connectivity index (χ2n) is 6.87. The molecule has 1 aliphatic rings. The molecule has 0 bridgehead atoms. The lowest BCUT2D eigenvalue weighted by Gasteiger charge is -2.15. The van der Waals surface area contributed by atoms with Gasteiger partial charge in [0.05, 0.1) is 10.6 Å². The van der Waals surface area contributed by atoms with Crippen molar-refractivity contribution in [2.45, 2.75) is 45.1 Å². The fourth-order valence-corrected chi connectivity index (χ4v) is 4.82. The molecule has 0 spiro atoms. The minimum absolute atomic E-state index is 0.179. The van der Waals surface area contributed by atoms with Crippen molar-refractivity contribution in [3.05, 3.63) is 40.4 Å². The predicted octanol–water partition coefficient (Wildman–Crippen LogP) is 2.85. The monoisotopic (exact) mass is 406 g/mol. The summed E-state index contributed by atoms with van der Waals surface area (Å²) >= 11 is 1.41. The fourth-order valence-electron chi connectivity index (χ4n) is 2.77. The topological polar surface area (TPSA) is 101 Å². The number of rotatable bonds is 5. The highest BCUT2D eigenvalue weighted by molar-refractivity contribution is 7.90. The Bertz CT molecular complexity index is 990. The molecule has 7 nitrogen and oxygen atoms in total. The van der Waals surface area contributed by atoms with Crippen LogP contribution in [0.15, 0.2) is 34.2 Å². The first kappa shape index (κ1) is 19.5. The van der Waals surface area contributed by atoms with Gasteiger partial charge in [-0.25, -0.2) is 13.4 Å². The molecule has 0 fully saturated rings. The van der Waals surface area contributed by atoms with Crippen molar-refractivity contribution < 1.29 is 13.2 Å². The van der Waals surface area contributed by atoms with E-state index in [0.717, 1.165) is 10.6 Å². The van der Waals surface area contributed by atoms with Gasteiger partial charge in [-0.05, 0) is 38.3 Å². The first-order valence-corrected chi connectivity index (χ1v) is 10.9. The molecule has 3 rings (SSSR count). The quantitative estimate of drug-likeness (QED) is 0.797. The lowest BCUT2D eigenvalue weighted by molar-refractivity contribution is -0.117. The SMILES string of the molecule is Cc1nc(NC(=O)C(CC(C)C)N=C2NS(=O)(=O)c3ccccc32)sc1C. The molecule has 144 valence electrons. The third kappa shape index (κ3) is 4.19. The van der Waals surface area contributed by atoms with Crippen molar-refractivity contribution in [3.8, 4) is 0 Å². The zero-order valence-corrected chi connectivity index (χ0v) is 17.2. The molecule has 0 radical (unpaired) electrons. The molecule has 2 N–H and O–H groups in total. The minimum Gasteiger partial charge on any atom is -0.300 e. The number of hydrogen-bond donors (Lipinski definition) is 2. The van der Waals surface area contributed by atoms with Crippen LogP contribution in [-0.4, -0.2) is 31.2 Å². The third-order valence-electron chi connectivity index (χ3n) is 4.20. The zero-order valence-electron chi connectivity index (χ0n) is 15.6. The number of aryl methyl sites for hydroxylation is 2. The van der Waals surface area contributed by atoms with Crippen LogP contribution >= 0.6 is 11.3 Å². The lowest BCUT2D eigenvalue weighted by Crippen LogP contribution is -2.31. The van der Waals surface area contributed by atoms with E-state index in [0.29, 0.717) is 17.1 Å². The normalized spacial score (nSPS) is 17.6. The van der Waals surface area contributed by atoms with Crippen LogP contribution in [0.2, 0.25) is 0 Å². The van der Waals surface area contributed by atoms with Gasteiger partial charge in [-0.1, -0.05) is 26.0 Å². The number of amides is 1. The highest BCUT2D eigenvalue weighted by Gasteiger charge is 2.32. The summed E-state index contributed by atoms with van der Waals surface area (Å²) in [6.45, 7) is 7.81. The lowest BCUT2D eigenvalue weighted by atomic mass is 10.0. The van der Waals surface area contributed by atoms with Gasteiger partial charge in [0.1, 0.15) is 11.9 Å². The van der Waals surface area contributed by atoms with Crippen LogP contribution < -0.4 is 10.0 Å². The van der Waals surface area contributed by atoms with Crippen LogP contribution in [-0.2, 0) is 14.8 Å². The van der Waals surface area contributed by atoms with E-state index in [2.05, 4.69) is 20.0 Å². The maximum Gasteiger partial charge on any atom is 0.263 e. The predicted molar refractivity (Wildman–Crippen MR) is 107 cm³/mol. The molecule has 1 aliphatic heterocycles. The van der Waals surface area contributed by atoms with Gasteiger partial charge in [-0.3, -0.25) is 14.5 Å². The Balaban J connectivity index is 1.91. The average molecular weight is 407 g/mol. The van der Waals surface area contributed by atoms with E-state index in [1.807, 2.05) is 27.7 Å². The maximum atomic E-state index is 12.8. The number of nitrogens with one attached hydrogen (secondary N) is 2. The van der Waals surface area contributed by atoms with Crippen molar-refractivity contribution in [3.63, 3.8) is 0 Å². The van der Waals surface area contributed by atoms with Crippen LogP contribution in [0.25, 0.3) is 0 Å². The molecule has 0 aliphatic carbocycles. The molecule has 9 heteroatoms. The molecule has 2 aromatic rings. The number of anilines is 1. The summed E-state index contributed by atoms with van der Waals surface area (Å²) in [5.74, 6) is 0.115. The molecular weight excluding hydrogens is 384 g/mol. The number of fused-ring (bicyclic) bond motifs is 1. The second-order valence-corrected chi connectivity index (χ2v) is 9.73. The van der Waals surface area contributed by atoms with Gasteiger partial charge >= 0.3 is 0 Å². The molecule has 27 heavy (non-hydrogen) atoms. The maximum absolute atomic E-state index is 12.8. The number of benzene rings is 1. The number of hydrogen-bond acceptors (Lipinski definition) is 6. The smallest absolute Gasteiger partial charge is 0.263 e. The molecular formula is C18H22N4O3S2. The van der Waals surface area contributed by atoms with E-state index in [1.54, 1.807) is 18.2 Å². The number of sulfonamides is 1. The van der Waals surface area contributed by atoms with E-state index in [1.165, 1.54) is 17.4 Å². The Kier molecular flexibility index (Phi) is 5.34. The molecule has 1 atom stereocenters. The molecule has 1 aromatic carbocycles. The van der Waals surface area contributed by atoms with Crippen molar-refractivity contribution in [1.29, 1.82) is 0 Å². The van der Waals surface area contributed by atoms with Crippen LogP contribution in [0.5, 0.6) is 0 Å². The van der Waals surface area contributed by atoms with Gasteiger partial charge < -0.3 is 5.32 Å². The third-order valence-corrected chi connectivity index (χ3v) is 6.59. The van der Waals surface area contributed by atoms with E-state index in [9.17, 15) is 13.2 Å². The van der Waals surface area contributed by atoms with Crippen molar-refractivity contribution in [2.24, 2.45) is 10.9 Å². The summed E-state index contributed by atoms with van der Waals surface area (Å²) in [4.78, 5) is 22.8. The van der Waals surface area contributed by atoms with Crippen LogP contribution in [0, 0.1) is 19.8 Å². The van der Waals surface area contributed by atoms with Gasteiger partial charge in [0.2, 0.25) is 0 Å². The fraction of sp³-hybridized carbons (Fsp3) is 0.389. The standard InChI is InChI=1S/C18H22N4O3S2/c1-10(2)9-14(17(23)21-18-19-11(3)12(4)26-18)20-16-13-7-5-6-8-15(13)27(24,25)22-16/h5-8,10,14H,9H2,1-4H3,(H,20,22)(H,19,21,23). The summed E-state index contributed by atoms with van der Waals surface area (Å²) in [5.41, 5.74) is 1.36. The second kappa shape index (κ2) is 7.40. The molecule has 1 amide bonds. The van der Waals surface area contributed by atoms with Crippen LogP contribution in [0.1, 0.15) is 36.4 Å². The molecule has 1 aromatic heterocycles. The summed E-state index contributed by atoms with van der Waals surface area (Å²) in [7, 11) is -3.64. The van der Waals surface area contributed by atoms with Gasteiger partial charge in [0, 0.05) is 10.4 Å². The number of carbonyl (C=O) groups is 1. The number of aliphatic imine (C=N–C) groups is 1. The van der Waals surface area contributed by atoms with Crippen molar-refractivity contribution >= 4 is 38.2 Å². The molecule has 2 heterocycles. The Morgan fingerprint density at radius 3 is 2.63 bits per heavy atom. The van der Waals surface area contributed by atoms with E-state index >= 15 is 0 Å². The van der Waals surface area contributed by atoms with Gasteiger partial charge in [-0.15, -0.1) is 11.3 Å². The molecule has 0 saturated carbocycles. The molecule has 0 saturated heterocycles. The van der Waals surface area contributed by atoms with Gasteiger partial charge in [-0.2, -0.15) is 0 Å². The Morgan fingerprint density at radius 1 is 1.30 bits per heavy atom. The minimum atomic E-state index is -3.64. The van der Waals surface area contributed by atoms with Gasteiger partial charge in [0.15, 0.2) is 5.13 Å². The average Bonchev–Trinajstić information content (AvgIpc) is 3.03. The summed E-state index contributed by atoms with van der Waals surface area (Å²) in [6.07, 6.45) is 0.489. The van der Waals surface area contributed by atoms with Crippen molar-refractivity contribution in [1.82, 2.24) is 9.71 Å². The summed E-state index contributed by atoms with van der Waals surface area (Å²) in [5, 5.41) is 3.34.